The Morgan fingerprint density at radius 2 is 1.57 bits per heavy atom. The number of carbonyl (C=O) groups excluding carboxylic acids is 3. The molecule has 0 bridgehead atoms. The van der Waals surface area contributed by atoms with Crippen molar-refractivity contribution in [3.63, 3.8) is 0 Å². The molecule has 8 nitrogen and oxygen atoms in total. The van der Waals surface area contributed by atoms with Gasteiger partial charge in [0.05, 0.1) is 18.8 Å². The molecule has 2 N–H and O–H groups in total. The average Bonchev–Trinajstić information content (AvgIpc) is 2.69. The molecule has 0 unspecified atom stereocenters. The number of carbonyl (C=O) groups is 3. The van der Waals surface area contributed by atoms with Crippen molar-refractivity contribution in [2.24, 2.45) is 0 Å². The number of amides is 3. The van der Waals surface area contributed by atoms with Crippen LogP contribution in [0, 0.1) is 0 Å². The Morgan fingerprint density at radius 3 is 2.25 bits per heavy atom. The third-order valence-electron chi connectivity index (χ3n) is 3.40. The number of hydrogen-bond donors (Lipinski definition) is 2. The van der Waals surface area contributed by atoms with Crippen molar-refractivity contribution in [1.82, 2.24) is 5.32 Å². The quantitative estimate of drug-likeness (QED) is 0.676. The molecule has 0 aromatic heterocycles. The summed E-state index contributed by atoms with van der Waals surface area (Å²) in [5.41, 5.74) is 0.732. The van der Waals surface area contributed by atoms with Gasteiger partial charge in [0, 0.05) is 11.8 Å². The lowest BCUT2D eigenvalue weighted by Gasteiger charge is -2.13. The standard InChI is InChI=1S/C20H22N2O6/c1-3-26-16-11-10-15(12-17(16)27-4-2)21-20(25)22-18(23)13-28-19(24)14-8-6-5-7-9-14/h5-12H,3-4,13H2,1-2H3,(H2,21,22,23,25). The van der Waals surface area contributed by atoms with E-state index in [1.165, 1.54) is 0 Å². The van der Waals surface area contributed by atoms with Crippen LogP contribution in [0.2, 0.25) is 0 Å². The van der Waals surface area contributed by atoms with Crippen LogP contribution in [0.3, 0.4) is 0 Å². The largest absolute Gasteiger partial charge is 0.490 e. The molecule has 0 aliphatic carbocycles. The van der Waals surface area contributed by atoms with Crippen LogP contribution in [-0.4, -0.2) is 37.7 Å². The molecule has 2 rings (SSSR count). The van der Waals surface area contributed by atoms with Crippen molar-refractivity contribution >= 4 is 23.6 Å². The highest BCUT2D eigenvalue weighted by atomic mass is 16.5. The van der Waals surface area contributed by atoms with Gasteiger partial charge in [0.15, 0.2) is 18.1 Å². The van der Waals surface area contributed by atoms with Crippen molar-refractivity contribution in [3.8, 4) is 11.5 Å². The number of urea groups is 1. The first-order valence-corrected chi connectivity index (χ1v) is 8.76. The predicted octanol–water partition coefficient (Wildman–Crippen LogP) is 2.99. The Balaban J connectivity index is 1.86. The van der Waals surface area contributed by atoms with Crippen molar-refractivity contribution in [2.75, 3.05) is 25.1 Å². The third kappa shape index (κ3) is 6.31. The van der Waals surface area contributed by atoms with Gasteiger partial charge in [0.25, 0.3) is 5.91 Å². The SMILES string of the molecule is CCOc1ccc(NC(=O)NC(=O)COC(=O)c2ccccc2)cc1OCC. The highest BCUT2D eigenvalue weighted by molar-refractivity contribution is 6.02. The van der Waals surface area contributed by atoms with E-state index in [-0.39, 0.29) is 0 Å². The summed E-state index contributed by atoms with van der Waals surface area (Å²) >= 11 is 0. The maximum Gasteiger partial charge on any atom is 0.338 e. The van der Waals surface area contributed by atoms with E-state index in [4.69, 9.17) is 14.2 Å². The van der Waals surface area contributed by atoms with Gasteiger partial charge in [-0.3, -0.25) is 10.1 Å². The lowest BCUT2D eigenvalue weighted by atomic mass is 10.2. The van der Waals surface area contributed by atoms with Crippen LogP contribution in [0.15, 0.2) is 48.5 Å². The molecule has 28 heavy (non-hydrogen) atoms. The Bertz CT molecular complexity index is 823. The van der Waals surface area contributed by atoms with Crippen LogP contribution in [0.5, 0.6) is 11.5 Å². The van der Waals surface area contributed by atoms with Crippen molar-refractivity contribution < 1.29 is 28.6 Å². The molecule has 0 heterocycles. The summed E-state index contributed by atoms with van der Waals surface area (Å²) < 4.78 is 15.8. The zero-order valence-corrected chi connectivity index (χ0v) is 15.7. The minimum Gasteiger partial charge on any atom is -0.490 e. The highest BCUT2D eigenvalue weighted by Gasteiger charge is 2.13. The monoisotopic (exact) mass is 386 g/mol. The topological polar surface area (TPSA) is 103 Å². The highest BCUT2D eigenvalue weighted by Crippen LogP contribution is 2.30. The van der Waals surface area contributed by atoms with Gasteiger partial charge in [-0.05, 0) is 38.1 Å². The zero-order valence-electron chi connectivity index (χ0n) is 15.7. The second-order valence-corrected chi connectivity index (χ2v) is 5.47. The summed E-state index contributed by atoms with van der Waals surface area (Å²) in [7, 11) is 0. The van der Waals surface area contributed by atoms with Crippen molar-refractivity contribution in [1.29, 1.82) is 0 Å². The summed E-state index contributed by atoms with van der Waals surface area (Å²) in [6.45, 7) is 4.02. The number of hydrogen-bond acceptors (Lipinski definition) is 6. The molecule has 148 valence electrons. The van der Waals surface area contributed by atoms with Gasteiger partial charge in [-0.2, -0.15) is 0 Å². The lowest BCUT2D eigenvalue weighted by Crippen LogP contribution is -2.37. The molecule has 3 amide bonds. The molecule has 0 fully saturated rings. The van der Waals surface area contributed by atoms with Crippen molar-refractivity contribution in [3.05, 3.63) is 54.1 Å². The maximum absolute atomic E-state index is 12.0. The van der Waals surface area contributed by atoms with E-state index in [1.54, 1.807) is 48.5 Å². The normalized spacial score (nSPS) is 9.93. The molecule has 2 aromatic rings. The molecule has 2 aromatic carbocycles. The van der Waals surface area contributed by atoms with Crippen LogP contribution in [-0.2, 0) is 9.53 Å². The third-order valence-corrected chi connectivity index (χ3v) is 3.40. The Kier molecular flexibility index (Phi) is 7.83. The van der Waals surface area contributed by atoms with Crippen LogP contribution in [0.4, 0.5) is 10.5 Å². The Morgan fingerprint density at radius 1 is 0.893 bits per heavy atom. The molecule has 0 atom stereocenters. The van der Waals surface area contributed by atoms with E-state index >= 15 is 0 Å². The molecule has 0 aliphatic heterocycles. The first kappa shape index (κ1) is 20.8. The van der Waals surface area contributed by atoms with E-state index < -0.39 is 24.5 Å². The Hall–Kier alpha value is -3.55. The Labute approximate surface area is 162 Å². The minimum absolute atomic E-state index is 0.317. The van der Waals surface area contributed by atoms with Crippen LogP contribution >= 0.6 is 0 Å². The summed E-state index contributed by atoms with van der Waals surface area (Å²) in [5, 5.41) is 4.60. The summed E-state index contributed by atoms with van der Waals surface area (Å²) in [6.07, 6.45) is 0. The summed E-state index contributed by atoms with van der Waals surface area (Å²) in [5.74, 6) is -0.369. The number of anilines is 1. The first-order chi connectivity index (χ1) is 13.5. The van der Waals surface area contributed by atoms with Gasteiger partial charge in [0.1, 0.15) is 0 Å². The van der Waals surface area contributed by atoms with Gasteiger partial charge >= 0.3 is 12.0 Å². The number of imide groups is 1. The zero-order chi connectivity index (χ0) is 20.4. The van der Waals surface area contributed by atoms with Crippen LogP contribution in [0.25, 0.3) is 0 Å². The number of ether oxygens (including phenoxy) is 3. The number of benzene rings is 2. The molecule has 0 aliphatic rings. The summed E-state index contributed by atoms with van der Waals surface area (Å²) in [4.78, 5) is 35.5. The molecule has 0 spiro atoms. The second-order valence-electron chi connectivity index (χ2n) is 5.47. The van der Waals surface area contributed by atoms with E-state index in [1.807, 2.05) is 13.8 Å². The van der Waals surface area contributed by atoms with E-state index in [0.717, 1.165) is 0 Å². The van der Waals surface area contributed by atoms with Crippen molar-refractivity contribution in [2.45, 2.75) is 13.8 Å². The minimum atomic E-state index is -0.757. The fourth-order valence-corrected chi connectivity index (χ4v) is 2.24. The van der Waals surface area contributed by atoms with Gasteiger partial charge in [-0.15, -0.1) is 0 Å². The molecule has 8 heteroatoms. The first-order valence-electron chi connectivity index (χ1n) is 8.76. The molecular weight excluding hydrogens is 364 g/mol. The van der Waals surface area contributed by atoms with E-state index in [9.17, 15) is 14.4 Å². The lowest BCUT2D eigenvalue weighted by molar-refractivity contribution is -0.123. The number of rotatable bonds is 8. The number of nitrogens with one attached hydrogen (secondary N) is 2. The van der Waals surface area contributed by atoms with Gasteiger partial charge in [0.2, 0.25) is 0 Å². The molecule has 0 saturated carbocycles. The van der Waals surface area contributed by atoms with Gasteiger partial charge in [-0.25, -0.2) is 9.59 Å². The molecular formula is C20H22N2O6. The fourth-order valence-electron chi connectivity index (χ4n) is 2.24. The van der Waals surface area contributed by atoms with Crippen LogP contribution < -0.4 is 20.1 Å². The molecule has 0 saturated heterocycles. The van der Waals surface area contributed by atoms with Gasteiger partial charge < -0.3 is 19.5 Å². The van der Waals surface area contributed by atoms with E-state index in [0.29, 0.717) is 36.0 Å². The average molecular weight is 386 g/mol. The second kappa shape index (κ2) is 10.6. The predicted molar refractivity (Wildman–Crippen MR) is 103 cm³/mol. The maximum atomic E-state index is 12.0. The van der Waals surface area contributed by atoms with E-state index in [2.05, 4.69) is 10.6 Å². The molecule has 0 radical (unpaired) electrons. The summed E-state index contributed by atoms with van der Waals surface area (Å²) in [6, 6.07) is 12.4. The van der Waals surface area contributed by atoms with Gasteiger partial charge in [-0.1, -0.05) is 18.2 Å². The fraction of sp³-hybridized carbons (Fsp3) is 0.250. The van der Waals surface area contributed by atoms with Crippen LogP contribution in [0.1, 0.15) is 24.2 Å². The smallest absolute Gasteiger partial charge is 0.338 e. The number of esters is 1.